The third-order valence-corrected chi connectivity index (χ3v) is 8.06. The molecule has 0 bridgehead atoms. The molecule has 2 saturated heterocycles. The van der Waals surface area contributed by atoms with Gasteiger partial charge in [0.15, 0.2) is 17.4 Å². The van der Waals surface area contributed by atoms with Crippen LogP contribution in [-0.4, -0.2) is 82.6 Å². The molecule has 3 amide bonds. The number of amides is 3. The summed E-state index contributed by atoms with van der Waals surface area (Å²) in [6.07, 6.45) is 3.12. The molecule has 18 heteroatoms. The Morgan fingerprint density at radius 3 is 2.42 bits per heavy atom. The lowest BCUT2D eigenvalue weighted by Gasteiger charge is -2.32. The third-order valence-electron chi connectivity index (χ3n) is 7.75. The molecule has 0 radical (unpaired) electrons. The van der Waals surface area contributed by atoms with Gasteiger partial charge in [0.25, 0.3) is 18.3 Å². The number of carbonyl (C=O) groups excluding carboxylic acids is 3. The van der Waals surface area contributed by atoms with Crippen molar-refractivity contribution in [2.24, 2.45) is 13.0 Å². The highest BCUT2D eigenvalue weighted by Crippen LogP contribution is 2.31. The number of hydrogen-bond acceptors (Lipinski definition) is 7. The van der Waals surface area contributed by atoms with E-state index in [2.05, 4.69) is 25.7 Å². The summed E-state index contributed by atoms with van der Waals surface area (Å²) in [6, 6.07) is 6.41. The number of piperidine rings is 1. The lowest BCUT2D eigenvalue weighted by Crippen LogP contribution is -2.45. The number of carbonyl (C=O) groups is 4. The zero-order valence-electron chi connectivity index (χ0n) is 25.4. The Hall–Kier alpha value is -4.35. The monoisotopic (exact) mass is 716 g/mol. The Kier molecular flexibility index (Phi) is 13.6. The summed E-state index contributed by atoms with van der Waals surface area (Å²) in [5.41, 5.74) is 0.176. The molecule has 0 spiro atoms. The van der Waals surface area contributed by atoms with Crippen LogP contribution in [0.2, 0.25) is 5.02 Å². The van der Waals surface area contributed by atoms with E-state index in [0.29, 0.717) is 25.9 Å². The van der Waals surface area contributed by atoms with E-state index in [1.54, 1.807) is 4.90 Å². The van der Waals surface area contributed by atoms with Crippen LogP contribution in [-0.2, 0) is 16.6 Å². The van der Waals surface area contributed by atoms with Gasteiger partial charge in [-0.3, -0.25) is 19.2 Å². The first kappa shape index (κ1) is 38.1. The van der Waals surface area contributed by atoms with Crippen molar-refractivity contribution in [1.29, 1.82) is 0 Å². The highest BCUT2D eigenvalue weighted by molar-refractivity contribution is 7.59. The number of hydrogen-bond donors (Lipinski definition) is 4. The average molecular weight is 717 g/mol. The van der Waals surface area contributed by atoms with E-state index < -0.39 is 29.9 Å². The van der Waals surface area contributed by atoms with E-state index in [9.17, 15) is 31.9 Å². The quantitative estimate of drug-likeness (QED) is 0.202. The van der Waals surface area contributed by atoms with Gasteiger partial charge in [0.1, 0.15) is 0 Å². The molecule has 2 aliphatic rings. The number of carboxylic acid groups (broad SMARTS) is 1. The van der Waals surface area contributed by atoms with E-state index in [-0.39, 0.29) is 77.1 Å². The van der Waals surface area contributed by atoms with Crippen LogP contribution >= 0.6 is 25.1 Å². The van der Waals surface area contributed by atoms with Crippen LogP contribution in [0.1, 0.15) is 40.2 Å². The fourth-order valence-corrected chi connectivity index (χ4v) is 5.61. The van der Waals surface area contributed by atoms with Crippen LogP contribution in [0.3, 0.4) is 0 Å². The normalized spacial score (nSPS) is 16.0. The molecule has 2 aliphatic heterocycles. The lowest BCUT2D eigenvalue weighted by molar-refractivity contribution is -0.127. The van der Waals surface area contributed by atoms with Crippen molar-refractivity contribution in [3.05, 3.63) is 64.6 Å². The number of nitrogens with one attached hydrogen (secondary N) is 3. The molecule has 3 heterocycles. The number of rotatable bonds is 8. The Morgan fingerprint density at radius 2 is 1.81 bits per heavy atom. The number of alkyl halides is 2. The van der Waals surface area contributed by atoms with Crippen LogP contribution in [0.25, 0.3) is 11.3 Å². The molecule has 48 heavy (non-hydrogen) atoms. The van der Waals surface area contributed by atoms with Gasteiger partial charge in [-0.1, -0.05) is 11.6 Å². The molecule has 12 nitrogen and oxygen atoms in total. The zero-order chi connectivity index (χ0) is 34.2. The van der Waals surface area contributed by atoms with Gasteiger partial charge in [-0.05, 0) is 56.1 Å². The maximum atomic E-state index is 14.6. The summed E-state index contributed by atoms with van der Waals surface area (Å²) in [4.78, 5) is 52.7. The number of likely N-dealkylation sites (tertiary alicyclic amines) is 1. The third kappa shape index (κ3) is 8.96. The van der Waals surface area contributed by atoms with Crippen molar-refractivity contribution >= 4 is 55.0 Å². The van der Waals surface area contributed by atoms with Gasteiger partial charge in [-0.15, -0.1) is 0 Å². The van der Waals surface area contributed by atoms with Crippen molar-refractivity contribution in [2.75, 3.05) is 31.5 Å². The number of ether oxygens (including phenoxy) is 1. The Balaban J connectivity index is 0.00000151. The number of halogens is 5. The van der Waals surface area contributed by atoms with Crippen LogP contribution in [0.5, 0.6) is 5.75 Å². The van der Waals surface area contributed by atoms with Gasteiger partial charge in [-0.2, -0.15) is 26.7 Å². The van der Waals surface area contributed by atoms with E-state index in [1.165, 1.54) is 29.8 Å². The highest BCUT2D eigenvalue weighted by atomic mass is 35.5. The molecule has 4 N–H and O–H groups in total. The molecule has 260 valence electrons. The largest absolute Gasteiger partial charge is 0.483 e. The summed E-state index contributed by atoms with van der Waals surface area (Å²) < 4.78 is 59.0. The van der Waals surface area contributed by atoms with Crippen molar-refractivity contribution < 1.29 is 46.6 Å². The molecular weight excluding hydrogens is 684 g/mol. The van der Waals surface area contributed by atoms with Crippen LogP contribution in [0, 0.1) is 17.6 Å². The summed E-state index contributed by atoms with van der Waals surface area (Å²) in [6.45, 7) is -1.13. The van der Waals surface area contributed by atoms with Crippen LogP contribution in [0.4, 0.5) is 23.2 Å². The molecule has 2 fully saturated rings. The first-order valence-electron chi connectivity index (χ1n) is 14.4. The van der Waals surface area contributed by atoms with Crippen molar-refractivity contribution in [3.8, 4) is 17.0 Å². The van der Waals surface area contributed by atoms with Crippen LogP contribution < -0.4 is 20.7 Å². The number of imidazole rings is 1. The summed E-state index contributed by atoms with van der Waals surface area (Å²) in [5, 5.41) is 15.9. The SMILES string of the molecule is Cn1c(-c2ccc(OC(F)F)c(F)c2F)cnc1C(=O)Nc1ccc(C(=O)N2CCC(C(=O)N[C@H]3CCNC3)CC2)c(Cl)c1.O=CO.S. The highest BCUT2D eigenvalue weighted by Gasteiger charge is 2.30. The van der Waals surface area contributed by atoms with Gasteiger partial charge in [0.2, 0.25) is 11.7 Å². The molecule has 0 aliphatic carbocycles. The molecular formula is C30H33ClF4N6O6S. The molecule has 0 saturated carbocycles. The maximum Gasteiger partial charge on any atom is 0.387 e. The van der Waals surface area contributed by atoms with E-state index in [1.807, 2.05) is 0 Å². The Labute approximate surface area is 284 Å². The van der Waals surface area contributed by atoms with E-state index >= 15 is 0 Å². The number of nitrogens with zero attached hydrogens (tertiary/aromatic N) is 3. The van der Waals surface area contributed by atoms with E-state index in [4.69, 9.17) is 21.5 Å². The molecule has 5 rings (SSSR count). The first-order chi connectivity index (χ1) is 22.4. The standard InChI is InChI=1S/C29H29ClF4N6O4.CH2O2.H2S/c1-39-21(19-4-5-22(44-29(33)34)24(32)23(19)31)14-36-25(39)27(42)37-16-2-3-18(20(30)12-16)28(43)40-10-7-15(8-11-40)26(41)38-17-6-9-35-13-17;2-1-3;/h2-5,12,14-15,17,29,35H,6-11,13H2,1H3,(H,37,42)(H,38,41);1H,(H,2,3);1H2/t17-;;/m0../s1. The second kappa shape index (κ2) is 17.2. The maximum absolute atomic E-state index is 14.6. The average Bonchev–Trinajstić information content (AvgIpc) is 3.69. The number of anilines is 1. The first-order valence-corrected chi connectivity index (χ1v) is 14.8. The summed E-state index contributed by atoms with van der Waals surface area (Å²) in [7, 11) is 1.39. The predicted molar refractivity (Wildman–Crippen MR) is 172 cm³/mol. The molecule has 1 aromatic heterocycles. The Morgan fingerprint density at radius 1 is 1.12 bits per heavy atom. The van der Waals surface area contributed by atoms with E-state index in [0.717, 1.165) is 37.8 Å². The van der Waals surface area contributed by atoms with Gasteiger partial charge in [0.05, 0.1) is 22.5 Å². The van der Waals surface area contributed by atoms with Gasteiger partial charge in [0, 0.05) is 49.9 Å². The van der Waals surface area contributed by atoms with Crippen LogP contribution in [0.15, 0.2) is 36.5 Å². The molecule has 3 aromatic rings. The number of aromatic nitrogens is 2. The van der Waals surface area contributed by atoms with Crippen molar-refractivity contribution in [1.82, 2.24) is 25.1 Å². The summed E-state index contributed by atoms with van der Waals surface area (Å²) >= 11 is 6.42. The molecule has 0 unspecified atom stereocenters. The smallest absolute Gasteiger partial charge is 0.387 e. The second-order valence-electron chi connectivity index (χ2n) is 10.7. The minimum Gasteiger partial charge on any atom is -0.483 e. The minimum atomic E-state index is -3.33. The number of benzene rings is 2. The van der Waals surface area contributed by atoms with Crippen molar-refractivity contribution in [2.45, 2.75) is 31.9 Å². The van der Waals surface area contributed by atoms with Gasteiger partial charge >= 0.3 is 6.61 Å². The zero-order valence-corrected chi connectivity index (χ0v) is 27.2. The van der Waals surface area contributed by atoms with Crippen molar-refractivity contribution in [3.63, 3.8) is 0 Å². The topological polar surface area (TPSA) is 155 Å². The second-order valence-corrected chi connectivity index (χ2v) is 11.1. The fourth-order valence-electron chi connectivity index (χ4n) is 5.35. The molecule has 2 aromatic carbocycles. The van der Waals surface area contributed by atoms with Gasteiger partial charge in [-0.25, -0.2) is 9.37 Å². The fraction of sp³-hybridized carbons (Fsp3) is 0.367. The molecule has 1 atom stereocenters. The lowest BCUT2D eigenvalue weighted by atomic mass is 9.95. The Bertz CT molecular complexity index is 1630. The predicted octanol–water partition coefficient (Wildman–Crippen LogP) is 4.02. The summed E-state index contributed by atoms with van der Waals surface area (Å²) in [5.74, 6) is -5.32. The minimum absolute atomic E-state index is 0. The van der Waals surface area contributed by atoms with Gasteiger partial charge < -0.3 is 35.3 Å².